The molecule has 0 spiro atoms. The number of rotatable bonds is 5. The first-order chi connectivity index (χ1) is 13.2. The number of thioether (sulfide) groups is 1. The van der Waals surface area contributed by atoms with E-state index in [1.807, 2.05) is 42.5 Å². The lowest BCUT2D eigenvalue weighted by molar-refractivity contribution is 0.628. The summed E-state index contributed by atoms with van der Waals surface area (Å²) in [4.78, 5) is 10.9. The molecule has 6 heteroatoms. The van der Waals surface area contributed by atoms with Crippen LogP contribution in [-0.2, 0) is 18.6 Å². The van der Waals surface area contributed by atoms with Crippen LogP contribution in [0.1, 0.15) is 29.7 Å². The van der Waals surface area contributed by atoms with E-state index >= 15 is 0 Å². The molecule has 0 saturated heterocycles. The number of nitrogens with zero attached hydrogens (tertiary/aromatic N) is 2. The van der Waals surface area contributed by atoms with Crippen LogP contribution < -0.4 is 0 Å². The van der Waals surface area contributed by atoms with E-state index in [9.17, 15) is 0 Å². The molecule has 0 unspecified atom stereocenters. The molecule has 1 aliphatic rings. The molecule has 0 N–H and O–H groups in total. The molecule has 1 aromatic heterocycles. The summed E-state index contributed by atoms with van der Waals surface area (Å²) in [6, 6.07) is 15.9. The third kappa shape index (κ3) is 4.80. The maximum Gasteiger partial charge on any atom is 0.189 e. The van der Waals surface area contributed by atoms with Crippen molar-refractivity contribution in [3.05, 3.63) is 75.4 Å². The maximum atomic E-state index is 6.29. The number of hydrogen-bond donors (Lipinski definition) is 0. The second-order valence-corrected chi connectivity index (χ2v) is 9.23. The molecule has 27 heavy (non-hydrogen) atoms. The standard InChI is InChI=1S/C21H18Cl2N2S2/c22-15-9-11-16(12-10-15)27-20-17-6-2-4-8-19(17)24-21(25-20)26-13-14-5-1-3-7-18(14)23/h1,3,5,7,9-12H,2,4,6,8,13H2. The number of aromatic nitrogens is 2. The summed E-state index contributed by atoms with van der Waals surface area (Å²) < 4.78 is 0. The van der Waals surface area contributed by atoms with E-state index in [-0.39, 0.29) is 0 Å². The van der Waals surface area contributed by atoms with Gasteiger partial charge in [-0.2, -0.15) is 0 Å². The average molecular weight is 433 g/mol. The van der Waals surface area contributed by atoms with E-state index in [1.165, 1.54) is 24.1 Å². The Kier molecular flexibility index (Phi) is 6.28. The first-order valence-electron chi connectivity index (χ1n) is 8.88. The number of benzene rings is 2. The van der Waals surface area contributed by atoms with E-state index < -0.39 is 0 Å². The van der Waals surface area contributed by atoms with Crippen LogP contribution in [0.3, 0.4) is 0 Å². The number of aryl methyl sites for hydroxylation is 1. The molecule has 0 saturated carbocycles. The Morgan fingerprint density at radius 2 is 1.67 bits per heavy atom. The van der Waals surface area contributed by atoms with Crippen LogP contribution in [-0.4, -0.2) is 9.97 Å². The lowest BCUT2D eigenvalue weighted by Gasteiger charge is -2.18. The molecule has 0 fully saturated rings. The van der Waals surface area contributed by atoms with Crippen molar-refractivity contribution in [2.45, 2.75) is 46.5 Å². The number of halogens is 2. The van der Waals surface area contributed by atoms with Crippen LogP contribution in [0, 0.1) is 0 Å². The normalized spacial score (nSPS) is 13.4. The number of hydrogen-bond acceptors (Lipinski definition) is 4. The van der Waals surface area contributed by atoms with Crippen LogP contribution in [0.15, 0.2) is 63.6 Å². The highest BCUT2D eigenvalue weighted by atomic mass is 35.5. The van der Waals surface area contributed by atoms with Gasteiger partial charge in [0.15, 0.2) is 5.16 Å². The first-order valence-corrected chi connectivity index (χ1v) is 11.4. The minimum absolute atomic E-state index is 0.750. The Morgan fingerprint density at radius 1 is 0.889 bits per heavy atom. The second kappa shape index (κ2) is 8.87. The third-order valence-corrected chi connectivity index (χ3v) is 7.02. The van der Waals surface area contributed by atoms with Gasteiger partial charge in [-0.05, 0) is 61.6 Å². The Morgan fingerprint density at radius 3 is 2.48 bits per heavy atom. The zero-order valence-electron chi connectivity index (χ0n) is 14.6. The van der Waals surface area contributed by atoms with Crippen molar-refractivity contribution in [3.63, 3.8) is 0 Å². The summed E-state index contributed by atoms with van der Waals surface area (Å²) in [6.07, 6.45) is 4.49. The van der Waals surface area contributed by atoms with E-state index in [0.717, 1.165) is 49.3 Å². The molecule has 0 atom stereocenters. The van der Waals surface area contributed by atoms with E-state index in [2.05, 4.69) is 6.07 Å². The van der Waals surface area contributed by atoms with Gasteiger partial charge in [-0.1, -0.05) is 64.9 Å². The highest BCUT2D eigenvalue weighted by molar-refractivity contribution is 7.99. The molecular weight excluding hydrogens is 415 g/mol. The smallest absolute Gasteiger partial charge is 0.189 e. The lowest BCUT2D eigenvalue weighted by atomic mass is 9.98. The van der Waals surface area contributed by atoms with Crippen molar-refractivity contribution in [1.29, 1.82) is 0 Å². The van der Waals surface area contributed by atoms with Gasteiger partial charge < -0.3 is 0 Å². The van der Waals surface area contributed by atoms with Crippen molar-refractivity contribution in [3.8, 4) is 0 Å². The van der Waals surface area contributed by atoms with Crippen LogP contribution in [0.25, 0.3) is 0 Å². The summed E-state index contributed by atoms with van der Waals surface area (Å²) in [5, 5.41) is 3.44. The molecule has 4 rings (SSSR count). The molecule has 2 nitrogen and oxygen atoms in total. The Bertz CT molecular complexity index is 945. The largest absolute Gasteiger partial charge is 0.227 e. The predicted octanol–water partition coefficient (Wildman–Crippen LogP) is 7.11. The van der Waals surface area contributed by atoms with Crippen LogP contribution in [0.2, 0.25) is 10.0 Å². The SMILES string of the molecule is Clc1ccc(Sc2nc(SCc3ccccc3Cl)nc3c2CCCC3)cc1. The van der Waals surface area contributed by atoms with Gasteiger partial charge in [-0.25, -0.2) is 9.97 Å². The van der Waals surface area contributed by atoms with Crippen LogP contribution in [0.4, 0.5) is 0 Å². The Hall–Kier alpha value is -1.20. The van der Waals surface area contributed by atoms with Gasteiger partial charge in [0.25, 0.3) is 0 Å². The molecule has 0 bridgehead atoms. The van der Waals surface area contributed by atoms with Crippen molar-refractivity contribution in [2.24, 2.45) is 0 Å². The zero-order chi connectivity index (χ0) is 18.6. The van der Waals surface area contributed by atoms with Crippen LogP contribution >= 0.6 is 46.7 Å². The van der Waals surface area contributed by atoms with Gasteiger partial charge in [0.1, 0.15) is 5.03 Å². The zero-order valence-corrected chi connectivity index (χ0v) is 17.8. The molecule has 0 amide bonds. The van der Waals surface area contributed by atoms with Crippen molar-refractivity contribution < 1.29 is 0 Å². The summed E-state index contributed by atoms with van der Waals surface area (Å²) >= 11 is 15.7. The molecular formula is C21H18Cl2N2S2. The van der Waals surface area contributed by atoms with Crippen LogP contribution in [0.5, 0.6) is 0 Å². The summed E-state index contributed by atoms with van der Waals surface area (Å²) in [5.74, 6) is 0.767. The monoisotopic (exact) mass is 432 g/mol. The van der Waals surface area contributed by atoms with Crippen molar-refractivity contribution in [1.82, 2.24) is 9.97 Å². The predicted molar refractivity (Wildman–Crippen MR) is 115 cm³/mol. The van der Waals surface area contributed by atoms with Crippen molar-refractivity contribution in [2.75, 3.05) is 0 Å². The van der Waals surface area contributed by atoms with Crippen molar-refractivity contribution >= 4 is 46.7 Å². The molecule has 138 valence electrons. The average Bonchev–Trinajstić information content (AvgIpc) is 2.69. The van der Waals surface area contributed by atoms with E-state index in [1.54, 1.807) is 23.5 Å². The fourth-order valence-corrected chi connectivity index (χ4v) is 5.36. The third-order valence-electron chi connectivity index (χ3n) is 4.47. The molecule has 0 radical (unpaired) electrons. The molecule has 3 aromatic rings. The fraction of sp³-hybridized carbons (Fsp3) is 0.238. The Labute approximate surface area is 178 Å². The maximum absolute atomic E-state index is 6.29. The van der Waals surface area contributed by atoms with Gasteiger partial charge in [0.05, 0.1) is 0 Å². The van der Waals surface area contributed by atoms with Gasteiger partial charge in [-0.3, -0.25) is 0 Å². The molecule has 1 aliphatic carbocycles. The molecule has 1 heterocycles. The summed E-state index contributed by atoms with van der Waals surface area (Å²) in [7, 11) is 0. The Balaban J connectivity index is 1.60. The number of fused-ring (bicyclic) bond motifs is 1. The molecule has 2 aromatic carbocycles. The van der Waals surface area contributed by atoms with E-state index in [0.29, 0.717) is 0 Å². The highest BCUT2D eigenvalue weighted by Crippen LogP contribution is 2.36. The van der Waals surface area contributed by atoms with Gasteiger partial charge >= 0.3 is 0 Å². The minimum Gasteiger partial charge on any atom is -0.227 e. The fourth-order valence-electron chi connectivity index (χ4n) is 3.06. The highest BCUT2D eigenvalue weighted by Gasteiger charge is 2.19. The quantitative estimate of drug-likeness (QED) is 0.243. The molecule has 0 aliphatic heterocycles. The topological polar surface area (TPSA) is 25.8 Å². The lowest BCUT2D eigenvalue weighted by Crippen LogP contribution is -2.09. The van der Waals surface area contributed by atoms with Gasteiger partial charge in [-0.15, -0.1) is 0 Å². The van der Waals surface area contributed by atoms with Gasteiger partial charge in [0, 0.05) is 32.0 Å². The van der Waals surface area contributed by atoms with Gasteiger partial charge in [0.2, 0.25) is 0 Å². The van der Waals surface area contributed by atoms with E-state index in [4.69, 9.17) is 33.2 Å². The minimum atomic E-state index is 0.750. The summed E-state index contributed by atoms with van der Waals surface area (Å²) in [6.45, 7) is 0. The first kappa shape index (κ1) is 19.1. The second-order valence-electron chi connectivity index (χ2n) is 6.38. The summed E-state index contributed by atoms with van der Waals surface area (Å²) in [5.41, 5.74) is 3.62.